The van der Waals surface area contributed by atoms with Crippen LogP contribution in [0.4, 0.5) is 11.6 Å². The van der Waals surface area contributed by atoms with Gasteiger partial charge in [-0.3, -0.25) is 4.79 Å². The maximum Gasteiger partial charge on any atom is 0.316 e. The number of anilines is 2. The smallest absolute Gasteiger partial charge is 0.316 e. The number of nitrogens with one attached hydrogen (secondary N) is 1. The van der Waals surface area contributed by atoms with Crippen molar-refractivity contribution < 1.29 is 4.74 Å². The summed E-state index contributed by atoms with van der Waals surface area (Å²) in [4.78, 5) is 16.1. The molecule has 0 aliphatic carbocycles. The van der Waals surface area contributed by atoms with Crippen LogP contribution in [0.2, 0.25) is 10.0 Å². The fourth-order valence-electron chi connectivity index (χ4n) is 2.33. The van der Waals surface area contributed by atoms with Gasteiger partial charge in [-0.1, -0.05) is 53.5 Å². The van der Waals surface area contributed by atoms with Gasteiger partial charge in [-0.25, -0.2) is 0 Å². The normalized spacial score (nSPS) is 10.5. The van der Waals surface area contributed by atoms with Crippen molar-refractivity contribution >= 4 is 34.8 Å². The lowest BCUT2D eigenvalue weighted by Gasteiger charge is -2.16. The van der Waals surface area contributed by atoms with Gasteiger partial charge in [0.1, 0.15) is 0 Å². The molecular formula is C18H15Cl2N3O2. The molecule has 1 N–H and O–H groups in total. The predicted octanol–water partition coefficient (Wildman–Crippen LogP) is 4.35. The SMILES string of the molecule is COc1cn(Cc2ccccc2)c(Nc2ccc(Cl)cc2Cl)nc1=O. The van der Waals surface area contributed by atoms with Gasteiger partial charge in [-0.2, -0.15) is 4.98 Å². The molecule has 0 bridgehead atoms. The second-order valence-corrected chi connectivity index (χ2v) is 6.14. The molecule has 25 heavy (non-hydrogen) atoms. The van der Waals surface area contributed by atoms with E-state index in [0.29, 0.717) is 28.2 Å². The molecule has 3 aromatic rings. The molecule has 7 heteroatoms. The maximum absolute atomic E-state index is 12.1. The van der Waals surface area contributed by atoms with E-state index in [9.17, 15) is 4.79 Å². The molecule has 128 valence electrons. The van der Waals surface area contributed by atoms with E-state index in [4.69, 9.17) is 27.9 Å². The molecule has 0 aliphatic heterocycles. The number of hydrogen-bond acceptors (Lipinski definition) is 4. The maximum atomic E-state index is 12.1. The van der Waals surface area contributed by atoms with Gasteiger partial charge in [-0.15, -0.1) is 0 Å². The summed E-state index contributed by atoms with van der Waals surface area (Å²) in [6, 6.07) is 14.9. The first-order chi connectivity index (χ1) is 12.1. The summed E-state index contributed by atoms with van der Waals surface area (Å²) >= 11 is 12.1. The first-order valence-corrected chi connectivity index (χ1v) is 8.24. The molecule has 0 fully saturated rings. The van der Waals surface area contributed by atoms with Crippen molar-refractivity contribution in [2.24, 2.45) is 0 Å². The zero-order valence-corrected chi connectivity index (χ0v) is 14.9. The van der Waals surface area contributed by atoms with Gasteiger partial charge in [0, 0.05) is 5.02 Å². The summed E-state index contributed by atoms with van der Waals surface area (Å²) < 4.78 is 6.89. The van der Waals surface area contributed by atoms with Gasteiger partial charge in [-0.05, 0) is 23.8 Å². The van der Waals surface area contributed by atoms with Crippen LogP contribution in [0.25, 0.3) is 0 Å². The van der Waals surface area contributed by atoms with E-state index in [-0.39, 0.29) is 5.75 Å². The number of aromatic nitrogens is 2. The lowest BCUT2D eigenvalue weighted by atomic mass is 10.2. The van der Waals surface area contributed by atoms with Crippen LogP contribution in [0.3, 0.4) is 0 Å². The monoisotopic (exact) mass is 375 g/mol. The topological polar surface area (TPSA) is 56.1 Å². The Hall–Kier alpha value is -2.50. The van der Waals surface area contributed by atoms with E-state index >= 15 is 0 Å². The molecular weight excluding hydrogens is 361 g/mol. The molecule has 0 aliphatic rings. The number of halogens is 2. The van der Waals surface area contributed by atoms with Crippen molar-refractivity contribution in [3.05, 3.63) is 80.7 Å². The van der Waals surface area contributed by atoms with Gasteiger partial charge in [0.25, 0.3) is 0 Å². The second kappa shape index (κ2) is 7.59. The quantitative estimate of drug-likeness (QED) is 0.719. The van der Waals surface area contributed by atoms with Crippen LogP contribution in [0, 0.1) is 0 Å². The van der Waals surface area contributed by atoms with E-state index in [1.165, 1.54) is 7.11 Å². The zero-order valence-electron chi connectivity index (χ0n) is 13.4. The largest absolute Gasteiger partial charge is 0.490 e. The molecule has 0 unspecified atom stereocenters. The summed E-state index contributed by atoms with van der Waals surface area (Å²) in [6.07, 6.45) is 1.62. The second-order valence-electron chi connectivity index (χ2n) is 5.30. The molecule has 2 aromatic carbocycles. The number of nitrogens with zero attached hydrogens (tertiary/aromatic N) is 2. The van der Waals surface area contributed by atoms with Crippen molar-refractivity contribution in [1.29, 1.82) is 0 Å². The Morgan fingerprint density at radius 3 is 2.60 bits per heavy atom. The fraction of sp³-hybridized carbons (Fsp3) is 0.111. The predicted molar refractivity (Wildman–Crippen MR) is 100 cm³/mol. The van der Waals surface area contributed by atoms with Gasteiger partial charge in [0.2, 0.25) is 11.7 Å². The van der Waals surface area contributed by atoms with E-state index in [1.54, 1.807) is 29.0 Å². The first-order valence-electron chi connectivity index (χ1n) is 7.48. The highest BCUT2D eigenvalue weighted by molar-refractivity contribution is 6.36. The molecule has 0 radical (unpaired) electrons. The van der Waals surface area contributed by atoms with Crippen LogP contribution >= 0.6 is 23.2 Å². The number of hydrogen-bond donors (Lipinski definition) is 1. The Morgan fingerprint density at radius 2 is 1.92 bits per heavy atom. The summed E-state index contributed by atoms with van der Waals surface area (Å²) in [5, 5.41) is 4.05. The molecule has 5 nitrogen and oxygen atoms in total. The minimum absolute atomic E-state index is 0.170. The van der Waals surface area contributed by atoms with E-state index < -0.39 is 5.56 Å². The summed E-state index contributed by atoms with van der Waals surface area (Å²) in [5.74, 6) is 0.530. The van der Waals surface area contributed by atoms with Crippen molar-refractivity contribution in [1.82, 2.24) is 9.55 Å². The average molecular weight is 376 g/mol. The summed E-state index contributed by atoms with van der Waals surface area (Å²) in [7, 11) is 1.44. The number of methoxy groups -OCH3 is 1. The highest BCUT2D eigenvalue weighted by Crippen LogP contribution is 2.28. The van der Waals surface area contributed by atoms with Crippen LogP contribution < -0.4 is 15.6 Å². The number of rotatable bonds is 5. The van der Waals surface area contributed by atoms with Crippen molar-refractivity contribution in [3.8, 4) is 5.75 Å². The summed E-state index contributed by atoms with van der Waals surface area (Å²) in [5.41, 5.74) is 1.20. The molecule has 0 atom stereocenters. The van der Waals surface area contributed by atoms with Crippen LogP contribution in [-0.4, -0.2) is 16.7 Å². The standard InChI is InChI=1S/C18H15Cl2N3O2/c1-25-16-11-23(10-12-5-3-2-4-6-12)18(22-17(16)24)21-15-8-7-13(19)9-14(15)20/h2-9,11H,10H2,1H3,(H,21,22,24). The Morgan fingerprint density at radius 1 is 1.16 bits per heavy atom. The van der Waals surface area contributed by atoms with Crippen LogP contribution in [0.5, 0.6) is 5.75 Å². The number of ether oxygens (including phenoxy) is 1. The Bertz CT molecular complexity index is 943. The van der Waals surface area contributed by atoms with Gasteiger partial charge >= 0.3 is 5.56 Å². The average Bonchev–Trinajstić information content (AvgIpc) is 2.60. The van der Waals surface area contributed by atoms with Crippen LogP contribution in [0.15, 0.2) is 59.5 Å². The van der Waals surface area contributed by atoms with Gasteiger partial charge in [0.15, 0.2) is 0 Å². The van der Waals surface area contributed by atoms with Crippen LogP contribution in [-0.2, 0) is 6.54 Å². The van der Waals surface area contributed by atoms with Gasteiger partial charge in [0.05, 0.1) is 30.6 Å². The lowest BCUT2D eigenvalue weighted by molar-refractivity contribution is 0.402. The first kappa shape index (κ1) is 17.3. The van der Waals surface area contributed by atoms with Crippen LogP contribution in [0.1, 0.15) is 5.56 Å². The summed E-state index contributed by atoms with van der Waals surface area (Å²) in [6.45, 7) is 0.512. The van der Waals surface area contributed by atoms with E-state index in [0.717, 1.165) is 5.56 Å². The Kier molecular flexibility index (Phi) is 5.26. The molecule has 1 aromatic heterocycles. The van der Waals surface area contributed by atoms with E-state index in [1.807, 2.05) is 30.3 Å². The molecule has 0 amide bonds. The molecule has 3 rings (SSSR count). The van der Waals surface area contributed by atoms with Gasteiger partial charge < -0.3 is 14.6 Å². The third-order valence-corrected chi connectivity index (χ3v) is 4.10. The number of benzene rings is 2. The highest BCUT2D eigenvalue weighted by Gasteiger charge is 2.11. The Labute approximate surface area is 154 Å². The lowest BCUT2D eigenvalue weighted by Crippen LogP contribution is -2.18. The molecule has 0 spiro atoms. The Balaban J connectivity index is 2.01. The third-order valence-electron chi connectivity index (χ3n) is 3.56. The minimum Gasteiger partial charge on any atom is -0.490 e. The molecule has 0 saturated carbocycles. The van der Waals surface area contributed by atoms with Crippen molar-refractivity contribution in [3.63, 3.8) is 0 Å². The van der Waals surface area contributed by atoms with Crippen molar-refractivity contribution in [2.75, 3.05) is 12.4 Å². The van der Waals surface area contributed by atoms with E-state index in [2.05, 4.69) is 10.3 Å². The molecule has 0 saturated heterocycles. The highest BCUT2D eigenvalue weighted by atomic mass is 35.5. The fourth-order valence-corrected chi connectivity index (χ4v) is 2.78. The molecule has 1 heterocycles. The van der Waals surface area contributed by atoms with Crippen molar-refractivity contribution in [2.45, 2.75) is 6.54 Å². The minimum atomic E-state index is -0.459. The third kappa shape index (κ3) is 4.13. The zero-order chi connectivity index (χ0) is 17.8.